The van der Waals surface area contributed by atoms with Crippen LogP contribution in [0.25, 0.3) is 11.1 Å². The second-order valence-corrected chi connectivity index (χ2v) is 14.2. The van der Waals surface area contributed by atoms with Crippen molar-refractivity contribution in [3.05, 3.63) is 42.6 Å². The van der Waals surface area contributed by atoms with E-state index in [1.807, 2.05) is 61.3 Å². The number of pyridine rings is 1. The van der Waals surface area contributed by atoms with Gasteiger partial charge in [-0.2, -0.15) is 0 Å². The number of primary amides is 2. The summed E-state index contributed by atoms with van der Waals surface area (Å²) in [7, 11) is 0. The minimum atomic E-state index is -1.03. The molecule has 6 aliphatic rings. The number of nitrogens with zero attached hydrogens (tertiary/aromatic N) is 2. The predicted molar refractivity (Wildman–Crippen MR) is 161 cm³/mol. The zero-order valence-electron chi connectivity index (χ0n) is 25.4. The highest BCUT2D eigenvalue weighted by molar-refractivity contribution is 5.87. The lowest BCUT2D eigenvalue weighted by Gasteiger charge is -2.62. The van der Waals surface area contributed by atoms with Gasteiger partial charge in [-0.25, -0.2) is 9.78 Å². The summed E-state index contributed by atoms with van der Waals surface area (Å²) in [6.45, 7) is 4.01. The summed E-state index contributed by atoms with van der Waals surface area (Å²) in [4.78, 5) is 45.6. The van der Waals surface area contributed by atoms with Crippen molar-refractivity contribution in [1.82, 2.24) is 9.88 Å². The standard InChI is InChI=1S/C34H42N4O6/c1-19(2)42-26-8-3-21(4-9-26)22-5-10-28(37-17-22)43-27-12-24-6-7-25(13-27)38(24)32(41)44-29-23-11-20-14-33(16-23,30(35)39)18-34(29,15-20)31(36)40/h3-5,8-10,17,19-20,23-25,27,29H,6-7,11-16,18H2,1-2H3,(H2,35,39)(H2,36,40). The third kappa shape index (κ3) is 4.86. The first kappa shape index (κ1) is 28.9. The molecule has 10 heteroatoms. The molecule has 1 aromatic heterocycles. The SMILES string of the molecule is CC(C)Oc1ccc(-c2ccc(OC3CC4CCC(C3)N4C(=O)OC3C4CC5CC(C(N)=O)(C4)CC3(C(N)=O)C5)nc2)cc1. The van der Waals surface area contributed by atoms with Gasteiger partial charge in [0.15, 0.2) is 0 Å². The molecule has 7 unspecified atom stereocenters. The Morgan fingerprint density at radius 2 is 1.61 bits per heavy atom. The molecule has 2 aromatic rings. The summed E-state index contributed by atoms with van der Waals surface area (Å²) < 4.78 is 18.3. The fourth-order valence-corrected chi connectivity index (χ4v) is 9.43. The number of hydrogen-bond acceptors (Lipinski definition) is 7. The van der Waals surface area contributed by atoms with E-state index in [4.69, 9.17) is 25.7 Å². The summed E-state index contributed by atoms with van der Waals surface area (Å²) in [5.41, 5.74) is 12.1. The van der Waals surface area contributed by atoms with Crippen LogP contribution in [-0.2, 0) is 14.3 Å². The molecule has 4 saturated carbocycles. The first-order valence-electron chi connectivity index (χ1n) is 16.0. The molecule has 3 heterocycles. The number of nitrogens with two attached hydrogens (primary N) is 2. The Morgan fingerprint density at radius 1 is 0.909 bits per heavy atom. The number of fused-ring (bicyclic) bond motifs is 2. The Labute approximate surface area is 257 Å². The van der Waals surface area contributed by atoms with Gasteiger partial charge in [-0.3, -0.25) is 9.59 Å². The van der Waals surface area contributed by atoms with E-state index < -0.39 is 22.8 Å². The topological polar surface area (TPSA) is 147 Å². The van der Waals surface area contributed by atoms with Gasteiger partial charge < -0.3 is 30.6 Å². The molecule has 3 amide bonds. The van der Waals surface area contributed by atoms with Gasteiger partial charge in [-0.05, 0) is 94.4 Å². The van der Waals surface area contributed by atoms with Crippen molar-refractivity contribution in [1.29, 1.82) is 0 Å². The highest BCUT2D eigenvalue weighted by Gasteiger charge is 2.68. The van der Waals surface area contributed by atoms with Crippen LogP contribution in [0.2, 0.25) is 0 Å². The van der Waals surface area contributed by atoms with Gasteiger partial charge in [0.1, 0.15) is 18.0 Å². The van der Waals surface area contributed by atoms with E-state index in [1.165, 1.54) is 0 Å². The van der Waals surface area contributed by atoms with Crippen LogP contribution in [0.3, 0.4) is 0 Å². The third-order valence-corrected chi connectivity index (χ3v) is 11.0. The predicted octanol–water partition coefficient (Wildman–Crippen LogP) is 4.58. The lowest BCUT2D eigenvalue weighted by Crippen LogP contribution is -2.68. The van der Waals surface area contributed by atoms with Gasteiger partial charge in [0.2, 0.25) is 17.7 Å². The first-order chi connectivity index (χ1) is 21.0. The average Bonchev–Trinajstić information content (AvgIpc) is 3.25. The van der Waals surface area contributed by atoms with Crippen LogP contribution < -0.4 is 20.9 Å². The summed E-state index contributed by atoms with van der Waals surface area (Å²) in [6, 6.07) is 11.9. The number of piperidine rings is 1. The maximum atomic E-state index is 13.7. The monoisotopic (exact) mass is 602 g/mol. The van der Waals surface area contributed by atoms with Crippen molar-refractivity contribution in [3.63, 3.8) is 0 Å². The van der Waals surface area contributed by atoms with Crippen LogP contribution in [0.4, 0.5) is 4.79 Å². The zero-order valence-corrected chi connectivity index (χ0v) is 25.4. The van der Waals surface area contributed by atoms with Crippen LogP contribution in [0.1, 0.15) is 71.6 Å². The maximum Gasteiger partial charge on any atom is 0.410 e. The zero-order chi connectivity index (χ0) is 30.8. The van der Waals surface area contributed by atoms with E-state index in [1.54, 1.807) is 0 Å². The molecule has 4 aliphatic carbocycles. The average molecular weight is 603 g/mol. The summed E-state index contributed by atoms with van der Waals surface area (Å²) in [6.07, 6.45) is 6.93. The summed E-state index contributed by atoms with van der Waals surface area (Å²) in [5, 5.41) is 0. The number of carbonyl (C=O) groups excluding carboxylic acids is 3. The molecule has 0 spiro atoms. The number of aromatic nitrogens is 1. The molecule has 8 rings (SSSR count). The first-order valence-corrected chi connectivity index (χ1v) is 16.0. The molecule has 0 radical (unpaired) electrons. The lowest BCUT2D eigenvalue weighted by atomic mass is 9.42. The number of ether oxygens (including phenoxy) is 3. The van der Waals surface area contributed by atoms with E-state index in [0.717, 1.165) is 36.1 Å². The number of carbonyl (C=O) groups is 3. The van der Waals surface area contributed by atoms with Crippen LogP contribution in [0.15, 0.2) is 42.6 Å². The Balaban J connectivity index is 0.991. The Kier molecular flexibility index (Phi) is 7.01. The fraction of sp³-hybridized carbons (Fsp3) is 0.588. The van der Waals surface area contributed by atoms with Gasteiger partial charge >= 0.3 is 6.09 Å². The molecular formula is C34H42N4O6. The molecule has 2 saturated heterocycles. The maximum absolute atomic E-state index is 13.7. The van der Waals surface area contributed by atoms with Crippen molar-refractivity contribution < 1.29 is 28.6 Å². The quantitative estimate of drug-likeness (QED) is 0.449. The van der Waals surface area contributed by atoms with Crippen molar-refractivity contribution >= 4 is 17.9 Å². The fourth-order valence-electron chi connectivity index (χ4n) is 9.43. The Morgan fingerprint density at radius 3 is 2.23 bits per heavy atom. The molecule has 44 heavy (non-hydrogen) atoms. The smallest absolute Gasteiger partial charge is 0.410 e. The van der Waals surface area contributed by atoms with Gasteiger partial charge in [-0.1, -0.05) is 12.1 Å². The van der Waals surface area contributed by atoms with Crippen molar-refractivity contribution in [3.8, 4) is 22.8 Å². The van der Waals surface area contributed by atoms with E-state index in [-0.39, 0.29) is 54.5 Å². The summed E-state index contributed by atoms with van der Waals surface area (Å²) in [5.74, 6) is 0.670. The molecule has 10 nitrogen and oxygen atoms in total. The molecule has 6 fully saturated rings. The highest BCUT2D eigenvalue weighted by Crippen LogP contribution is 2.66. The van der Waals surface area contributed by atoms with Crippen LogP contribution in [0, 0.1) is 22.7 Å². The minimum Gasteiger partial charge on any atom is -0.491 e. The normalized spacial score (nSPS) is 35.0. The molecule has 7 atom stereocenters. The van der Waals surface area contributed by atoms with Crippen molar-refractivity contribution in [2.24, 2.45) is 34.1 Å². The van der Waals surface area contributed by atoms with Gasteiger partial charge in [0.05, 0.1) is 16.9 Å². The number of rotatable bonds is 8. The minimum absolute atomic E-state index is 0.00424. The van der Waals surface area contributed by atoms with Crippen LogP contribution in [0.5, 0.6) is 11.6 Å². The van der Waals surface area contributed by atoms with Crippen LogP contribution in [-0.4, -0.2) is 58.2 Å². The second kappa shape index (κ2) is 10.7. The molecule has 2 aliphatic heterocycles. The molecule has 4 N–H and O–H groups in total. The lowest BCUT2D eigenvalue weighted by molar-refractivity contribution is -0.198. The van der Waals surface area contributed by atoms with Crippen LogP contribution >= 0.6 is 0 Å². The molecular weight excluding hydrogens is 560 g/mol. The third-order valence-electron chi connectivity index (χ3n) is 11.0. The second-order valence-electron chi connectivity index (χ2n) is 14.2. The number of benzene rings is 1. The highest BCUT2D eigenvalue weighted by atomic mass is 16.6. The molecule has 1 aromatic carbocycles. The van der Waals surface area contributed by atoms with Gasteiger partial charge in [0, 0.05) is 42.8 Å². The number of hydrogen-bond donors (Lipinski definition) is 2. The van der Waals surface area contributed by atoms with E-state index >= 15 is 0 Å². The van der Waals surface area contributed by atoms with E-state index in [2.05, 4.69) is 4.98 Å². The van der Waals surface area contributed by atoms with E-state index in [0.29, 0.717) is 38.0 Å². The largest absolute Gasteiger partial charge is 0.491 e. The van der Waals surface area contributed by atoms with Gasteiger partial charge in [0.25, 0.3) is 0 Å². The Hall–Kier alpha value is -3.82. The number of amides is 3. The molecule has 234 valence electrons. The van der Waals surface area contributed by atoms with Crippen molar-refractivity contribution in [2.45, 2.75) is 102 Å². The van der Waals surface area contributed by atoms with Gasteiger partial charge in [-0.15, -0.1) is 0 Å². The Bertz CT molecular complexity index is 1430. The summed E-state index contributed by atoms with van der Waals surface area (Å²) >= 11 is 0. The van der Waals surface area contributed by atoms with Crippen molar-refractivity contribution in [2.75, 3.05) is 0 Å². The molecule has 6 bridgehead atoms. The van der Waals surface area contributed by atoms with E-state index in [9.17, 15) is 14.4 Å².